The van der Waals surface area contributed by atoms with Gasteiger partial charge in [-0.25, -0.2) is 4.98 Å². The molecule has 0 aliphatic rings. The topological polar surface area (TPSA) is 45.2 Å². The minimum absolute atomic E-state index is 0.207. The van der Waals surface area contributed by atoms with Gasteiger partial charge in [0.15, 0.2) is 0 Å². The standard InChI is InChI=1S/C10H16N2O/c1-8(7-13)6-12-10-9(2)4-3-5-11-10/h3-5,8,13H,6-7H2,1-2H3,(H,11,12). The molecule has 1 aromatic rings. The lowest BCUT2D eigenvalue weighted by Gasteiger charge is -2.11. The first-order valence-corrected chi connectivity index (χ1v) is 4.50. The summed E-state index contributed by atoms with van der Waals surface area (Å²) in [5.74, 6) is 1.17. The fraction of sp³-hybridized carbons (Fsp3) is 0.500. The second-order valence-electron chi connectivity index (χ2n) is 3.34. The van der Waals surface area contributed by atoms with E-state index >= 15 is 0 Å². The van der Waals surface area contributed by atoms with Gasteiger partial charge in [0.25, 0.3) is 0 Å². The lowest BCUT2D eigenvalue weighted by molar-refractivity contribution is 0.244. The number of hydrogen-bond acceptors (Lipinski definition) is 3. The molecule has 0 aliphatic heterocycles. The zero-order valence-electron chi connectivity index (χ0n) is 8.12. The smallest absolute Gasteiger partial charge is 0.128 e. The lowest BCUT2D eigenvalue weighted by atomic mass is 10.2. The molecule has 72 valence electrons. The van der Waals surface area contributed by atoms with Gasteiger partial charge in [0.05, 0.1) is 0 Å². The van der Waals surface area contributed by atoms with Gasteiger partial charge in [0, 0.05) is 19.3 Å². The summed E-state index contributed by atoms with van der Waals surface area (Å²) in [6.45, 7) is 4.97. The monoisotopic (exact) mass is 180 g/mol. The Morgan fingerprint density at radius 1 is 1.62 bits per heavy atom. The van der Waals surface area contributed by atoms with Gasteiger partial charge in [-0.1, -0.05) is 13.0 Å². The number of aryl methyl sites for hydroxylation is 1. The van der Waals surface area contributed by atoms with Crippen LogP contribution in [0.25, 0.3) is 0 Å². The Labute approximate surface area is 78.8 Å². The molecule has 0 amide bonds. The number of hydrogen-bond donors (Lipinski definition) is 2. The second-order valence-corrected chi connectivity index (χ2v) is 3.34. The van der Waals surface area contributed by atoms with E-state index in [0.717, 1.165) is 17.9 Å². The molecular weight excluding hydrogens is 164 g/mol. The molecule has 1 atom stereocenters. The summed E-state index contributed by atoms with van der Waals surface area (Å²) in [5.41, 5.74) is 1.13. The van der Waals surface area contributed by atoms with Crippen molar-refractivity contribution in [1.82, 2.24) is 4.98 Å². The van der Waals surface area contributed by atoms with Gasteiger partial charge >= 0.3 is 0 Å². The summed E-state index contributed by atoms with van der Waals surface area (Å²) in [6, 6.07) is 3.93. The molecule has 0 bridgehead atoms. The van der Waals surface area contributed by atoms with E-state index in [1.54, 1.807) is 6.20 Å². The molecule has 1 heterocycles. The molecule has 1 unspecified atom stereocenters. The van der Waals surface area contributed by atoms with Crippen molar-refractivity contribution >= 4 is 5.82 Å². The van der Waals surface area contributed by atoms with Crippen molar-refractivity contribution in [3.8, 4) is 0 Å². The molecule has 13 heavy (non-hydrogen) atoms. The zero-order valence-corrected chi connectivity index (χ0v) is 8.12. The van der Waals surface area contributed by atoms with Crippen molar-refractivity contribution < 1.29 is 5.11 Å². The van der Waals surface area contributed by atoms with Gasteiger partial charge in [-0.05, 0) is 24.5 Å². The van der Waals surface area contributed by atoms with Crippen molar-refractivity contribution in [2.75, 3.05) is 18.5 Å². The Kier molecular flexibility index (Phi) is 3.71. The molecule has 2 N–H and O–H groups in total. The maximum Gasteiger partial charge on any atom is 0.128 e. The highest BCUT2D eigenvalue weighted by Gasteiger charge is 2.01. The molecule has 3 nitrogen and oxygen atoms in total. The maximum atomic E-state index is 8.82. The average Bonchev–Trinajstić information content (AvgIpc) is 2.16. The van der Waals surface area contributed by atoms with E-state index in [2.05, 4.69) is 10.3 Å². The number of rotatable bonds is 4. The predicted molar refractivity (Wildman–Crippen MR) is 53.7 cm³/mol. The van der Waals surface area contributed by atoms with E-state index in [4.69, 9.17) is 5.11 Å². The SMILES string of the molecule is Cc1cccnc1NCC(C)CO. The highest BCUT2D eigenvalue weighted by molar-refractivity contribution is 5.42. The van der Waals surface area contributed by atoms with Crippen LogP contribution in [0.2, 0.25) is 0 Å². The third kappa shape index (κ3) is 3.03. The van der Waals surface area contributed by atoms with Gasteiger partial charge in [0.1, 0.15) is 5.82 Å². The summed E-state index contributed by atoms with van der Waals surface area (Å²) in [7, 11) is 0. The number of nitrogens with zero attached hydrogens (tertiary/aromatic N) is 1. The van der Waals surface area contributed by atoms with Crippen LogP contribution in [0.1, 0.15) is 12.5 Å². The molecule has 1 aromatic heterocycles. The highest BCUT2D eigenvalue weighted by atomic mass is 16.3. The summed E-state index contributed by atoms with van der Waals surface area (Å²) in [4.78, 5) is 4.19. The fourth-order valence-corrected chi connectivity index (χ4v) is 1.01. The second kappa shape index (κ2) is 4.82. The molecular formula is C10H16N2O. The first kappa shape index (κ1) is 9.99. The Hall–Kier alpha value is -1.09. The van der Waals surface area contributed by atoms with E-state index in [1.165, 1.54) is 0 Å². The predicted octanol–water partition coefficient (Wildman–Crippen LogP) is 1.43. The molecule has 0 radical (unpaired) electrons. The molecule has 0 saturated heterocycles. The van der Waals surface area contributed by atoms with Crippen LogP contribution in [0.3, 0.4) is 0 Å². The molecule has 1 rings (SSSR count). The summed E-state index contributed by atoms with van der Waals surface area (Å²) >= 11 is 0. The number of aromatic nitrogens is 1. The number of pyridine rings is 1. The first-order valence-electron chi connectivity index (χ1n) is 4.50. The quantitative estimate of drug-likeness (QED) is 0.736. The third-order valence-corrected chi connectivity index (χ3v) is 1.94. The van der Waals surface area contributed by atoms with Gasteiger partial charge < -0.3 is 10.4 Å². The lowest BCUT2D eigenvalue weighted by Crippen LogP contribution is -2.15. The molecule has 3 heteroatoms. The van der Waals surface area contributed by atoms with Gasteiger partial charge in [-0.2, -0.15) is 0 Å². The third-order valence-electron chi connectivity index (χ3n) is 1.94. The van der Waals surface area contributed by atoms with E-state index in [-0.39, 0.29) is 12.5 Å². The van der Waals surface area contributed by atoms with Gasteiger partial charge in [-0.3, -0.25) is 0 Å². The van der Waals surface area contributed by atoms with E-state index in [9.17, 15) is 0 Å². The van der Waals surface area contributed by atoms with E-state index in [1.807, 2.05) is 26.0 Å². The van der Waals surface area contributed by atoms with Crippen molar-refractivity contribution in [1.29, 1.82) is 0 Å². The van der Waals surface area contributed by atoms with Crippen LogP contribution in [-0.4, -0.2) is 23.2 Å². The van der Waals surface area contributed by atoms with E-state index < -0.39 is 0 Å². The van der Waals surface area contributed by atoms with Crippen LogP contribution < -0.4 is 5.32 Å². The molecule has 0 spiro atoms. The first-order chi connectivity index (χ1) is 6.24. The molecule has 0 saturated carbocycles. The van der Waals surface area contributed by atoms with Crippen LogP contribution in [0.5, 0.6) is 0 Å². The Bertz CT molecular complexity index is 263. The average molecular weight is 180 g/mol. The molecule has 0 aromatic carbocycles. The Morgan fingerprint density at radius 3 is 3.00 bits per heavy atom. The number of anilines is 1. The Morgan fingerprint density at radius 2 is 2.38 bits per heavy atom. The summed E-state index contributed by atoms with van der Waals surface area (Å²) in [5, 5.41) is 12.0. The van der Waals surface area contributed by atoms with Gasteiger partial charge in [-0.15, -0.1) is 0 Å². The van der Waals surface area contributed by atoms with Crippen LogP contribution >= 0.6 is 0 Å². The molecule has 0 aliphatic carbocycles. The number of nitrogens with one attached hydrogen (secondary N) is 1. The minimum Gasteiger partial charge on any atom is -0.396 e. The summed E-state index contributed by atoms with van der Waals surface area (Å²) in [6.07, 6.45) is 1.76. The molecule has 0 fully saturated rings. The van der Waals surface area contributed by atoms with Crippen molar-refractivity contribution in [3.05, 3.63) is 23.9 Å². The minimum atomic E-state index is 0.207. The largest absolute Gasteiger partial charge is 0.396 e. The maximum absolute atomic E-state index is 8.82. The van der Waals surface area contributed by atoms with Crippen LogP contribution in [0.4, 0.5) is 5.82 Å². The fourth-order valence-electron chi connectivity index (χ4n) is 1.01. The van der Waals surface area contributed by atoms with Crippen LogP contribution in [0.15, 0.2) is 18.3 Å². The van der Waals surface area contributed by atoms with Crippen LogP contribution in [-0.2, 0) is 0 Å². The van der Waals surface area contributed by atoms with Gasteiger partial charge in [0.2, 0.25) is 0 Å². The number of aliphatic hydroxyl groups excluding tert-OH is 1. The summed E-state index contributed by atoms with van der Waals surface area (Å²) < 4.78 is 0. The van der Waals surface area contributed by atoms with Crippen LogP contribution in [0, 0.1) is 12.8 Å². The number of aliphatic hydroxyl groups is 1. The zero-order chi connectivity index (χ0) is 9.68. The Balaban J connectivity index is 2.50. The normalized spacial score (nSPS) is 12.5. The van der Waals surface area contributed by atoms with E-state index in [0.29, 0.717) is 0 Å². The van der Waals surface area contributed by atoms with Crippen molar-refractivity contribution in [2.24, 2.45) is 5.92 Å². The van der Waals surface area contributed by atoms with Crippen molar-refractivity contribution in [2.45, 2.75) is 13.8 Å². The van der Waals surface area contributed by atoms with Crippen molar-refractivity contribution in [3.63, 3.8) is 0 Å². The highest BCUT2D eigenvalue weighted by Crippen LogP contribution is 2.09.